The highest BCUT2D eigenvalue weighted by Crippen LogP contribution is 2.16. The lowest BCUT2D eigenvalue weighted by molar-refractivity contribution is -0.117. The highest BCUT2D eigenvalue weighted by molar-refractivity contribution is 6.30. The lowest BCUT2D eigenvalue weighted by Gasteiger charge is -2.12. The molecule has 0 aliphatic rings. The van der Waals surface area contributed by atoms with E-state index in [1.165, 1.54) is 6.20 Å². The summed E-state index contributed by atoms with van der Waals surface area (Å²) in [7, 11) is 3.92. The van der Waals surface area contributed by atoms with E-state index < -0.39 is 5.91 Å². The number of anilines is 2. The predicted molar refractivity (Wildman–Crippen MR) is 101 cm³/mol. The predicted octanol–water partition coefficient (Wildman–Crippen LogP) is 3.54. The Hall–Kier alpha value is -2.97. The van der Waals surface area contributed by atoms with Gasteiger partial charge in [-0.1, -0.05) is 23.7 Å². The number of carbonyl (C=O) groups excluding carboxylic acids is 1. The van der Waals surface area contributed by atoms with Crippen LogP contribution in [0.2, 0.25) is 5.02 Å². The maximum absolute atomic E-state index is 12.1. The molecule has 0 radical (unpaired) electrons. The van der Waals surface area contributed by atoms with Crippen LogP contribution in [0, 0.1) is 11.3 Å². The van der Waals surface area contributed by atoms with Crippen molar-refractivity contribution in [2.24, 2.45) is 0 Å². The number of hydrogen-bond donors (Lipinski definition) is 2. The van der Waals surface area contributed by atoms with Crippen molar-refractivity contribution in [3.05, 3.63) is 70.9 Å². The van der Waals surface area contributed by atoms with Crippen LogP contribution in [0.4, 0.5) is 11.4 Å². The van der Waals surface area contributed by atoms with Gasteiger partial charge in [-0.2, -0.15) is 5.26 Å². The van der Waals surface area contributed by atoms with E-state index in [9.17, 15) is 10.1 Å². The zero-order valence-corrected chi connectivity index (χ0v) is 14.8. The summed E-state index contributed by atoms with van der Waals surface area (Å²) in [6, 6.07) is 16.7. The second-order valence-electron chi connectivity index (χ2n) is 5.56. The number of halogens is 1. The van der Waals surface area contributed by atoms with Crippen molar-refractivity contribution < 1.29 is 4.79 Å². The van der Waals surface area contributed by atoms with Crippen molar-refractivity contribution in [1.82, 2.24) is 5.32 Å². The molecule has 5 nitrogen and oxygen atoms in total. The van der Waals surface area contributed by atoms with E-state index >= 15 is 0 Å². The van der Waals surface area contributed by atoms with Gasteiger partial charge in [0.15, 0.2) is 0 Å². The standard InChI is InChI=1S/C19H19ClN4O/c1-24(2)18-9-7-17(8-10-18)22-13-15(11-21)19(25)23-12-14-3-5-16(20)6-4-14/h3-10,13,22H,12H2,1-2H3,(H,23,25)/b15-13-. The van der Waals surface area contributed by atoms with Crippen LogP contribution in [0.1, 0.15) is 5.56 Å². The Bertz CT molecular complexity index is 790. The maximum atomic E-state index is 12.1. The number of rotatable bonds is 6. The molecule has 2 aromatic carbocycles. The number of hydrogen-bond acceptors (Lipinski definition) is 4. The largest absolute Gasteiger partial charge is 0.378 e. The quantitative estimate of drug-likeness (QED) is 0.615. The van der Waals surface area contributed by atoms with Crippen molar-refractivity contribution in [3.63, 3.8) is 0 Å². The van der Waals surface area contributed by atoms with Gasteiger partial charge in [-0.15, -0.1) is 0 Å². The summed E-state index contributed by atoms with van der Waals surface area (Å²) in [4.78, 5) is 14.1. The van der Waals surface area contributed by atoms with Crippen LogP contribution in [-0.2, 0) is 11.3 Å². The van der Waals surface area contributed by atoms with Gasteiger partial charge >= 0.3 is 0 Å². The van der Waals surface area contributed by atoms with Crippen molar-refractivity contribution in [3.8, 4) is 6.07 Å². The van der Waals surface area contributed by atoms with Crippen molar-refractivity contribution in [2.75, 3.05) is 24.3 Å². The molecule has 2 aromatic rings. The summed E-state index contributed by atoms with van der Waals surface area (Å²) in [6.07, 6.45) is 1.40. The molecule has 0 saturated heterocycles. The molecule has 0 heterocycles. The Kier molecular flexibility index (Phi) is 6.44. The number of nitriles is 1. The zero-order valence-electron chi connectivity index (χ0n) is 14.1. The van der Waals surface area contributed by atoms with Gasteiger partial charge in [-0.25, -0.2) is 0 Å². The zero-order chi connectivity index (χ0) is 18.2. The molecule has 1 amide bonds. The van der Waals surface area contributed by atoms with Crippen LogP contribution < -0.4 is 15.5 Å². The second-order valence-corrected chi connectivity index (χ2v) is 6.00. The molecule has 128 valence electrons. The van der Waals surface area contributed by atoms with Crippen LogP contribution in [-0.4, -0.2) is 20.0 Å². The lowest BCUT2D eigenvalue weighted by Crippen LogP contribution is -2.24. The molecule has 0 spiro atoms. The highest BCUT2D eigenvalue weighted by atomic mass is 35.5. The summed E-state index contributed by atoms with van der Waals surface area (Å²) < 4.78 is 0. The molecule has 2 N–H and O–H groups in total. The average molecular weight is 355 g/mol. The molecule has 0 saturated carbocycles. The van der Waals surface area contributed by atoms with Gasteiger partial charge in [0.1, 0.15) is 11.6 Å². The van der Waals surface area contributed by atoms with Gasteiger partial charge in [0, 0.05) is 43.2 Å². The van der Waals surface area contributed by atoms with Gasteiger partial charge in [0.2, 0.25) is 0 Å². The van der Waals surface area contributed by atoms with Gasteiger partial charge < -0.3 is 15.5 Å². The molecule has 0 bridgehead atoms. The summed E-state index contributed by atoms with van der Waals surface area (Å²) >= 11 is 5.82. The molecule has 0 fully saturated rings. The highest BCUT2D eigenvalue weighted by Gasteiger charge is 2.08. The van der Waals surface area contributed by atoms with E-state index in [1.807, 2.05) is 61.5 Å². The van der Waals surface area contributed by atoms with Crippen molar-refractivity contribution >= 4 is 28.9 Å². The molecule has 0 unspecified atom stereocenters. The Morgan fingerprint density at radius 1 is 1.16 bits per heavy atom. The summed E-state index contributed by atoms with van der Waals surface area (Å²) in [5.74, 6) is -0.435. The fraction of sp³-hybridized carbons (Fsp3) is 0.158. The van der Waals surface area contributed by atoms with E-state index in [2.05, 4.69) is 10.6 Å². The fourth-order valence-corrected chi connectivity index (χ4v) is 2.17. The lowest BCUT2D eigenvalue weighted by atomic mass is 10.2. The first-order chi connectivity index (χ1) is 12.0. The van der Waals surface area contributed by atoms with Crippen LogP contribution in [0.3, 0.4) is 0 Å². The van der Waals surface area contributed by atoms with Crippen molar-refractivity contribution in [2.45, 2.75) is 6.54 Å². The Morgan fingerprint density at radius 3 is 2.36 bits per heavy atom. The fourth-order valence-electron chi connectivity index (χ4n) is 2.04. The number of benzene rings is 2. The number of nitrogens with zero attached hydrogens (tertiary/aromatic N) is 2. The monoisotopic (exact) mass is 354 g/mol. The van der Waals surface area contributed by atoms with Crippen molar-refractivity contribution in [1.29, 1.82) is 5.26 Å². The molecule has 25 heavy (non-hydrogen) atoms. The third kappa shape index (κ3) is 5.55. The molecule has 0 aliphatic carbocycles. The average Bonchev–Trinajstić information content (AvgIpc) is 2.62. The van der Waals surface area contributed by atoms with E-state index in [0.717, 1.165) is 16.9 Å². The first kappa shape index (κ1) is 18.4. The molecule has 6 heteroatoms. The minimum atomic E-state index is -0.435. The van der Waals surface area contributed by atoms with Crippen LogP contribution in [0.5, 0.6) is 0 Å². The smallest absolute Gasteiger partial charge is 0.263 e. The summed E-state index contributed by atoms with van der Waals surface area (Å²) in [5.41, 5.74) is 2.77. The Balaban J connectivity index is 1.95. The first-order valence-electron chi connectivity index (χ1n) is 7.66. The Labute approximate surface area is 152 Å². The molecule has 0 aromatic heterocycles. The van der Waals surface area contributed by atoms with Gasteiger partial charge in [-0.3, -0.25) is 4.79 Å². The molecule has 0 atom stereocenters. The minimum absolute atomic E-state index is 0.00523. The second kappa shape index (κ2) is 8.76. The number of carbonyl (C=O) groups is 1. The van der Waals surface area contributed by atoms with Crippen LogP contribution in [0.25, 0.3) is 0 Å². The molecule has 2 rings (SSSR count). The van der Waals surface area contributed by atoms with E-state index in [4.69, 9.17) is 11.6 Å². The molecular formula is C19H19ClN4O. The Morgan fingerprint density at radius 2 is 1.80 bits per heavy atom. The first-order valence-corrected chi connectivity index (χ1v) is 8.04. The third-order valence-electron chi connectivity index (χ3n) is 3.50. The third-order valence-corrected chi connectivity index (χ3v) is 3.75. The summed E-state index contributed by atoms with van der Waals surface area (Å²) in [6.45, 7) is 0.326. The molecular weight excluding hydrogens is 336 g/mol. The number of amides is 1. The number of nitrogens with one attached hydrogen (secondary N) is 2. The molecule has 0 aliphatic heterocycles. The van der Waals surface area contributed by atoms with Gasteiger partial charge in [0.25, 0.3) is 5.91 Å². The van der Waals surface area contributed by atoms with Crippen LogP contribution in [0.15, 0.2) is 60.3 Å². The van der Waals surface area contributed by atoms with Gasteiger partial charge in [-0.05, 0) is 42.0 Å². The van der Waals surface area contributed by atoms with Crippen LogP contribution >= 0.6 is 11.6 Å². The van der Waals surface area contributed by atoms with E-state index in [0.29, 0.717) is 11.6 Å². The topological polar surface area (TPSA) is 68.2 Å². The van der Waals surface area contributed by atoms with E-state index in [1.54, 1.807) is 12.1 Å². The SMILES string of the molecule is CN(C)c1ccc(N/C=C(/C#N)C(=O)NCc2ccc(Cl)cc2)cc1. The van der Waals surface area contributed by atoms with Gasteiger partial charge in [0.05, 0.1) is 0 Å². The van der Waals surface area contributed by atoms with E-state index in [-0.39, 0.29) is 5.57 Å². The maximum Gasteiger partial charge on any atom is 0.263 e. The summed E-state index contributed by atoms with van der Waals surface area (Å²) in [5, 5.41) is 15.5. The normalized spacial score (nSPS) is 10.7. The minimum Gasteiger partial charge on any atom is -0.378 e.